The van der Waals surface area contributed by atoms with Crippen molar-refractivity contribution >= 4 is 28.2 Å². The zero-order valence-corrected chi connectivity index (χ0v) is 9.76. The Hall–Kier alpha value is -0.500. The summed E-state index contributed by atoms with van der Waals surface area (Å²) in [5.74, 6) is 0. The summed E-state index contributed by atoms with van der Waals surface area (Å²) in [4.78, 5) is 0. The van der Waals surface area contributed by atoms with Gasteiger partial charge in [0, 0.05) is 11.8 Å². The fourth-order valence-electron chi connectivity index (χ4n) is 0.724. The minimum atomic E-state index is -4.40. The number of nitrogens with one attached hydrogen (secondary N) is 1. The molecule has 1 aromatic heterocycles. The number of hydrogen-bond acceptors (Lipinski definition) is 5. The lowest BCUT2D eigenvalue weighted by atomic mass is 10.5. The van der Waals surface area contributed by atoms with Crippen LogP contribution in [0.15, 0.2) is 0 Å². The highest BCUT2D eigenvalue weighted by Gasteiger charge is 2.35. The molecule has 0 aromatic carbocycles. The number of anilines is 1. The Morgan fingerprint density at radius 1 is 1.47 bits per heavy atom. The van der Waals surface area contributed by atoms with Gasteiger partial charge in [-0.3, -0.25) is 0 Å². The van der Waals surface area contributed by atoms with Crippen molar-refractivity contribution in [2.24, 2.45) is 0 Å². The predicted molar refractivity (Wildman–Crippen MR) is 56.4 cm³/mol. The second-order valence-corrected chi connectivity index (χ2v) is 5.09. The van der Waals surface area contributed by atoms with Gasteiger partial charge in [-0.2, -0.15) is 24.9 Å². The Morgan fingerprint density at radius 2 is 2.13 bits per heavy atom. The molecule has 0 radical (unpaired) electrons. The van der Waals surface area contributed by atoms with Crippen LogP contribution < -0.4 is 5.32 Å². The fraction of sp³-hybridized carbons (Fsp3) is 0.714. The molecule has 0 fully saturated rings. The third-order valence-electron chi connectivity index (χ3n) is 1.61. The molecule has 0 spiro atoms. The van der Waals surface area contributed by atoms with Gasteiger partial charge in [-0.25, -0.2) is 0 Å². The molecule has 1 unspecified atom stereocenters. The van der Waals surface area contributed by atoms with E-state index in [1.54, 1.807) is 11.8 Å². The molecule has 0 aliphatic carbocycles. The maximum Gasteiger partial charge on any atom is 0.445 e. The van der Waals surface area contributed by atoms with Crippen molar-refractivity contribution in [1.82, 2.24) is 10.2 Å². The Bertz CT molecular complexity index is 313. The van der Waals surface area contributed by atoms with Crippen LogP contribution in [0.4, 0.5) is 18.3 Å². The first kappa shape index (κ1) is 12.6. The molecule has 3 nitrogen and oxygen atoms in total. The molecule has 0 saturated carbocycles. The van der Waals surface area contributed by atoms with E-state index in [0.29, 0.717) is 23.1 Å². The van der Waals surface area contributed by atoms with E-state index >= 15 is 0 Å². The van der Waals surface area contributed by atoms with Crippen LogP contribution in [0, 0.1) is 0 Å². The lowest BCUT2D eigenvalue weighted by Gasteiger charge is -2.07. The van der Waals surface area contributed by atoms with Gasteiger partial charge in [0.05, 0.1) is 0 Å². The number of hydrogen-bond donors (Lipinski definition) is 1. The largest absolute Gasteiger partial charge is 0.445 e. The number of halogens is 3. The highest BCUT2D eigenvalue weighted by Crippen LogP contribution is 2.32. The van der Waals surface area contributed by atoms with Crippen molar-refractivity contribution in [2.45, 2.75) is 18.3 Å². The SMILES string of the molecule is CSC(C)CNc1nnc(C(F)(F)F)s1. The maximum absolute atomic E-state index is 12.1. The Labute approximate surface area is 93.5 Å². The van der Waals surface area contributed by atoms with E-state index in [1.165, 1.54) is 0 Å². The summed E-state index contributed by atoms with van der Waals surface area (Å²) >= 11 is 2.15. The van der Waals surface area contributed by atoms with Crippen LogP contribution in [0.25, 0.3) is 0 Å². The number of alkyl halides is 3. The number of aromatic nitrogens is 2. The summed E-state index contributed by atoms with van der Waals surface area (Å²) in [6.07, 6.45) is -2.46. The second-order valence-electron chi connectivity index (χ2n) is 2.84. The van der Waals surface area contributed by atoms with E-state index in [4.69, 9.17) is 0 Å². The average molecular weight is 257 g/mol. The molecule has 86 valence electrons. The van der Waals surface area contributed by atoms with Crippen molar-refractivity contribution in [3.8, 4) is 0 Å². The molecule has 1 aromatic rings. The summed E-state index contributed by atoms with van der Waals surface area (Å²) in [6, 6.07) is 0. The third kappa shape index (κ3) is 3.86. The highest BCUT2D eigenvalue weighted by atomic mass is 32.2. The zero-order chi connectivity index (χ0) is 11.5. The molecule has 0 amide bonds. The first-order valence-electron chi connectivity index (χ1n) is 4.11. The predicted octanol–water partition coefficient (Wildman–Crippen LogP) is 2.72. The van der Waals surface area contributed by atoms with Crippen molar-refractivity contribution in [3.05, 3.63) is 5.01 Å². The lowest BCUT2D eigenvalue weighted by Crippen LogP contribution is -2.12. The molecule has 0 aliphatic heterocycles. The fourth-order valence-corrected chi connectivity index (χ4v) is 1.59. The molecular weight excluding hydrogens is 247 g/mol. The van der Waals surface area contributed by atoms with E-state index < -0.39 is 11.2 Å². The molecule has 15 heavy (non-hydrogen) atoms. The van der Waals surface area contributed by atoms with Gasteiger partial charge in [0.2, 0.25) is 10.1 Å². The monoisotopic (exact) mass is 257 g/mol. The highest BCUT2D eigenvalue weighted by molar-refractivity contribution is 7.99. The summed E-state index contributed by atoms with van der Waals surface area (Å²) in [7, 11) is 0. The van der Waals surface area contributed by atoms with Crippen LogP contribution in [-0.4, -0.2) is 28.2 Å². The molecule has 0 aliphatic rings. The van der Waals surface area contributed by atoms with Crippen molar-refractivity contribution in [3.63, 3.8) is 0 Å². The van der Waals surface area contributed by atoms with E-state index in [0.717, 1.165) is 0 Å². The van der Waals surface area contributed by atoms with Gasteiger partial charge in [-0.15, -0.1) is 10.2 Å². The topological polar surface area (TPSA) is 37.8 Å². The first-order valence-corrected chi connectivity index (χ1v) is 6.21. The maximum atomic E-state index is 12.1. The molecule has 1 heterocycles. The molecular formula is C7H10F3N3S2. The normalized spacial score (nSPS) is 13.9. The first-order chi connectivity index (χ1) is 6.93. The number of rotatable bonds is 4. The third-order valence-corrected chi connectivity index (χ3v) is 3.51. The smallest absolute Gasteiger partial charge is 0.359 e. The Balaban J connectivity index is 2.54. The Kier molecular flexibility index (Phi) is 4.21. The van der Waals surface area contributed by atoms with Crippen LogP contribution in [0.5, 0.6) is 0 Å². The molecule has 0 saturated heterocycles. The summed E-state index contributed by atoms with van der Waals surface area (Å²) in [5.41, 5.74) is 0. The van der Waals surface area contributed by atoms with Crippen LogP contribution in [0.2, 0.25) is 0 Å². The van der Waals surface area contributed by atoms with Gasteiger partial charge in [-0.05, 0) is 6.26 Å². The summed E-state index contributed by atoms with van der Waals surface area (Å²) in [5, 5.41) is 8.91. The standard InChI is InChI=1S/C7H10F3N3S2/c1-4(14-2)3-11-6-13-12-5(15-6)7(8,9)10/h4H,3H2,1-2H3,(H,11,13). The van der Waals surface area contributed by atoms with Crippen LogP contribution in [0.1, 0.15) is 11.9 Å². The van der Waals surface area contributed by atoms with Gasteiger partial charge >= 0.3 is 6.18 Å². The molecule has 1 rings (SSSR count). The van der Waals surface area contributed by atoms with Crippen LogP contribution in [0.3, 0.4) is 0 Å². The average Bonchev–Trinajstić information content (AvgIpc) is 2.61. The Morgan fingerprint density at radius 3 is 2.60 bits per heavy atom. The van der Waals surface area contributed by atoms with E-state index in [2.05, 4.69) is 15.5 Å². The van der Waals surface area contributed by atoms with E-state index in [-0.39, 0.29) is 5.13 Å². The van der Waals surface area contributed by atoms with E-state index in [1.807, 2.05) is 13.2 Å². The zero-order valence-electron chi connectivity index (χ0n) is 8.13. The minimum absolute atomic E-state index is 0.211. The molecule has 8 heteroatoms. The summed E-state index contributed by atoms with van der Waals surface area (Å²) < 4.78 is 36.4. The molecule has 0 bridgehead atoms. The molecule has 1 N–H and O–H groups in total. The van der Waals surface area contributed by atoms with Crippen LogP contribution in [-0.2, 0) is 6.18 Å². The number of thioether (sulfide) groups is 1. The van der Waals surface area contributed by atoms with Gasteiger partial charge in [0.1, 0.15) is 0 Å². The van der Waals surface area contributed by atoms with Crippen molar-refractivity contribution < 1.29 is 13.2 Å². The van der Waals surface area contributed by atoms with Crippen molar-refractivity contribution in [2.75, 3.05) is 18.1 Å². The van der Waals surface area contributed by atoms with Gasteiger partial charge in [0.25, 0.3) is 0 Å². The van der Waals surface area contributed by atoms with Crippen molar-refractivity contribution in [1.29, 1.82) is 0 Å². The van der Waals surface area contributed by atoms with Gasteiger partial charge < -0.3 is 5.32 Å². The van der Waals surface area contributed by atoms with Gasteiger partial charge in [-0.1, -0.05) is 18.3 Å². The quantitative estimate of drug-likeness (QED) is 0.900. The second kappa shape index (κ2) is 5.02. The van der Waals surface area contributed by atoms with Crippen LogP contribution >= 0.6 is 23.1 Å². The molecule has 1 atom stereocenters. The van der Waals surface area contributed by atoms with E-state index in [9.17, 15) is 13.2 Å². The summed E-state index contributed by atoms with van der Waals surface area (Å²) in [6.45, 7) is 2.55. The lowest BCUT2D eigenvalue weighted by molar-refractivity contribution is -0.138. The van der Waals surface area contributed by atoms with Gasteiger partial charge in [0.15, 0.2) is 0 Å². The minimum Gasteiger partial charge on any atom is -0.359 e. The number of nitrogens with zero attached hydrogens (tertiary/aromatic N) is 2.